The molecule has 0 unspecified atom stereocenters. The molecule has 0 spiro atoms. The maximum Gasteiger partial charge on any atom is 0.266 e. The number of rotatable bonds is 10. The zero-order valence-electron chi connectivity index (χ0n) is 20.4. The Morgan fingerprint density at radius 2 is 2.03 bits per heavy atom. The van der Waals surface area contributed by atoms with E-state index in [2.05, 4.69) is 25.6 Å². The summed E-state index contributed by atoms with van der Waals surface area (Å²) in [5, 5.41) is 6.31. The van der Waals surface area contributed by atoms with Crippen LogP contribution in [-0.2, 0) is 6.54 Å². The van der Waals surface area contributed by atoms with Crippen molar-refractivity contribution < 1.29 is 18.3 Å². The predicted molar refractivity (Wildman–Crippen MR) is 139 cm³/mol. The molecule has 10 nitrogen and oxygen atoms in total. The molecule has 4 N–H and O–H groups in total. The minimum atomic E-state index is -1.02. The number of halogens is 2. The van der Waals surface area contributed by atoms with Gasteiger partial charge in [-0.1, -0.05) is 18.2 Å². The molecule has 38 heavy (non-hydrogen) atoms. The number of nitrogens with one attached hydrogen (secondary N) is 2. The topological polar surface area (TPSA) is 137 Å². The van der Waals surface area contributed by atoms with E-state index < -0.39 is 23.1 Å². The number of hydrogen-bond donors (Lipinski definition) is 3. The number of ether oxygens (including phenoxy) is 1. The van der Waals surface area contributed by atoms with Crippen LogP contribution in [-0.4, -0.2) is 52.2 Å². The molecule has 0 aliphatic carbocycles. The summed E-state index contributed by atoms with van der Waals surface area (Å²) < 4.78 is 33.6. The first-order valence-electron chi connectivity index (χ1n) is 11.6. The summed E-state index contributed by atoms with van der Waals surface area (Å²) in [5.41, 5.74) is 6.57. The Hall–Kier alpha value is -4.71. The van der Waals surface area contributed by atoms with Crippen molar-refractivity contribution in [3.8, 4) is 5.75 Å². The molecule has 196 valence electrons. The van der Waals surface area contributed by atoms with Gasteiger partial charge in [-0.05, 0) is 35.4 Å². The lowest BCUT2D eigenvalue weighted by Gasteiger charge is -2.10. The summed E-state index contributed by atoms with van der Waals surface area (Å²) >= 11 is 0. The lowest BCUT2D eigenvalue weighted by molar-refractivity contribution is 0.0955. The van der Waals surface area contributed by atoms with Gasteiger partial charge in [0.1, 0.15) is 23.4 Å². The third-order valence-corrected chi connectivity index (χ3v) is 5.44. The van der Waals surface area contributed by atoms with Gasteiger partial charge in [-0.15, -0.1) is 0 Å². The van der Waals surface area contributed by atoms with Crippen LogP contribution in [0.15, 0.2) is 59.9 Å². The number of nitrogens with zero attached hydrogens (tertiary/aromatic N) is 4. The fourth-order valence-corrected chi connectivity index (χ4v) is 3.63. The highest BCUT2D eigenvalue weighted by Gasteiger charge is 2.13. The molecule has 0 bridgehead atoms. The number of carbonyl (C=O) groups excluding carboxylic acids is 1. The fourth-order valence-electron chi connectivity index (χ4n) is 3.63. The predicted octanol–water partition coefficient (Wildman–Crippen LogP) is 2.34. The van der Waals surface area contributed by atoms with Crippen LogP contribution in [0.1, 0.15) is 21.5 Å². The normalized spacial score (nSPS) is 11.2. The quantitative estimate of drug-likeness (QED) is 0.289. The summed E-state index contributed by atoms with van der Waals surface area (Å²) in [6, 6.07) is 7.00. The summed E-state index contributed by atoms with van der Waals surface area (Å²) in [6.45, 7) is 0.715. The maximum absolute atomic E-state index is 13.5. The molecule has 4 rings (SSSR count). The number of aromatic nitrogens is 4. The standard InChI is InChI=1S/C26H25F2N7O3/c1-30-26-33-12-18-9-16(11-22(23(18)34-26)38-8-6-29)3-2-7-32-24(36)19-13-31-15-35(25(19)37)14-17-4-5-20(27)21(28)10-17/h2-5,9-13,15H,6-8,14,29H2,1H3,(H,32,36)(H,30,33,34). The summed E-state index contributed by atoms with van der Waals surface area (Å²) in [5.74, 6) is -1.62. The molecule has 2 heterocycles. The Morgan fingerprint density at radius 3 is 2.79 bits per heavy atom. The van der Waals surface area contributed by atoms with Crippen LogP contribution < -0.4 is 26.7 Å². The summed E-state index contributed by atoms with van der Waals surface area (Å²) in [4.78, 5) is 38.0. The largest absolute Gasteiger partial charge is 0.490 e. The summed E-state index contributed by atoms with van der Waals surface area (Å²) in [6.07, 6.45) is 7.56. The zero-order chi connectivity index (χ0) is 27.1. The van der Waals surface area contributed by atoms with E-state index in [0.717, 1.165) is 33.8 Å². The Balaban J connectivity index is 1.45. The van der Waals surface area contributed by atoms with E-state index >= 15 is 0 Å². The number of carbonyl (C=O) groups is 1. The van der Waals surface area contributed by atoms with E-state index in [-0.39, 0.29) is 18.7 Å². The smallest absolute Gasteiger partial charge is 0.266 e. The molecule has 0 atom stereocenters. The van der Waals surface area contributed by atoms with Crippen LogP contribution in [0.5, 0.6) is 5.75 Å². The third-order valence-electron chi connectivity index (χ3n) is 5.44. The molecular formula is C26H25F2N7O3. The molecule has 0 saturated heterocycles. The van der Waals surface area contributed by atoms with Gasteiger partial charge in [0.05, 0.1) is 12.9 Å². The zero-order valence-corrected chi connectivity index (χ0v) is 20.4. The second-order valence-corrected chi connectivity index (χ2v) is 8.14. The third kappa shape index (κ3) is 6.16. The summed E-state index contributed by atoms with van der Waals surface area (Å²) in [7, 11) is 1.72. The van der Waals surface area contributed by atoms with Gasteiger partial charge >= 0.3 is 0 Å². The van der Waals surface area contributed by atoms with Gasteiger partial charge in [-0.3, -0.25) is 14.2 Å². The van der Waals surface area contributed by atoms with Crippen molar-refractivity contribution in [2.24, 2.45) is 5.73 Å². The van der Waals surface area contributed by atoms with Crippen LogP contribution in [0.3, 0.4) is 0 Å². The van der Waals surface area contributed by atoms with Crippen molar-refractivity contribution >= 4 is 28.8 Å². The molecule has 2 aromatic carbocycles. The molecule has 0 radical (unpaired) electrons. The second-order valence-electron chi connectivity index (χ2n) is 8.14. The second kappa shape index (κ2) is 12.0. The Kier molecular flexibility index (Phi) is 8.34. The van der Waals surface area contributed by atoms with Crippen molar-refractivity contribution in [3.05, 3.63) is 93.8 Å². The van der Waals surface area contributed by atoms with Crippen molar-refractivity contribution in [1.29, 1.82) is 0 Å². The van der Waals surface area contributed by atoms with Crippen LogP contribution in [0.25, 0.3) is 17.0 Å². The number of benzene rings is 2. The first-order chi connectivity index (χ1) is 18.4. The molecule has 0 aliphatic rings. The SMILES string of the molecule is CNc1ncc2cc(C=CCNC(=O)c3cncn(Cc4ccc(F)c(F)c4)c3=O)cc(OCCN)c2n1. The highest BCUT2D eigenvalue weighted by atomic mass is 19.2. The minimum absolute atomic E-state index is 0.0693. The first-order valence-corrected chi connectivity index (χ1v) is 11.6. The van der Waals surface area contributed by atoms with E-state index in [1.807, 2.05) is 6.07 Å². The van der Waals surface area contributed by atoms with Gasteiger partial charge in [-0.2, -0.15) is 0 Å². The van der Waals surface area contributed by atoms with Crippen LogP contribution >= 0.6 is 0 Å². The molecule has 0 aliphatic heterocycles. The molecule has 0 fully saturated rings. The molecule has 4 aromatic rings. The molecular weight excluding hydrogens is 496 g/mol. The van der Waals surface area contributed by atoms with E-state index in [1.165, 1.54) is 12.4 Å². The average molecular weight is 522 g/mol. The van der Waals surface area contributed by atoms with Gasteiger partial charge in [0, 0.05) is 37.9 Å². The van der Waals surface area contributed by atoms with Crippen LogP contribution in [0.4, 0.5) is 14.7 Å². The van der Waals surface area contributed by atoms with Gasteiger partial charge in [0.25, 0.3) is 11.5 Å². The first kappa shape index (κ1) is 26.4. The molecule has 1 amide bonds. The highest BCUT2D eigenvalue weighted by Crippen LogP contribution is 2.27. The molecule has 2 aromatic heterocycles. The molecule has 12 heteroatoms. The Labute approximate surface area is 216 Å². The maximum atomic E-state index is 13.5. The number of fused-ring (bicyclic) bond motifs is 1. The number of anilines is 1. The number of amides is 1. The highest BCUT2D eigenvalue weighted by molar-refractivity contribution is 5.93. The Morgan fingerprint density at radius 1 is 1.18 bits per heavy atom. The van der Waals surface area contributed by atoms with Gasteiger partial charge < -0.3 is 21.1 Å². The number of nitrogens with two attached hydrogens (primary N) is 1. The van der Waals surface area contributed by atoms with Gasteiger partial charge in [0.2, 0.25) is 5.95 Å². The Bertz CT molecular complexity index is 1560. The van der Waals surface area contributed by atoms with Crippen molar-refractivity contribution in [3.63, 3.8) is 0 Å². The van der Waals surface area contributed by atoms with E-state index in [1.54, 1.807) is 31.5 Å². The minimum Gasteiger partial charge on any atom is -0.490 e. The average Bonchev–Trinajstić information content (AvgIpc) is 2.92. The molecule has 0 saturated carbocycles. The number of hydrogen-bond acceptors (Lipinski definition) is 8. The van der Waals surface area contributed by atoms with E-state index in [9.17, 15) is 18.4 Å². The van der Waals surface area contributed by atoms with Crippen molar-refractivity contribution in [1.82, 2.24) is 24.8 Å². The monoisotopic (exact) mass is 521 g/mol. The van der Waals surface area contributed by atoms with Crippen molar-refractivity contribution in [2.75, 3.05) is 32.1 Å². The lowest BCUT2D eigenvalue weighted by Crippen LogP contribution is -2.33. The van der Waals surface area contributed by atoms with Gasteiger partial charge in [-0.25, -0.2) is 23.7 Å². The lowest BCUT2D eigenvalue weighted by atomic mass is 10.1. The van der Waals surface area contributed by atoms with Crippen molar-refractivity contribution in [2.45, 2.75) is 6.54 Å². The van der Waals surface area contributed by atoms with E-state index in [4.69, 9.17) is 10.5 Å². The van der Waals surface area contributed by atoms with Crippen LogP contribution in [0, 0.1) is 11.6 Å². The van der Waals surface area contributed by atoms with Gasteiger partial charge in [0.15, 0.2) is 11.6 Å². The van der Waals surface area contributed by atoms with E-state index in [0.29, 0.717) is 35.9 Å². The fraction of sp³-hybridized carbons (Fsp3) is 0.192. The van der Waals surface area contributed by atoms with Crippen LogP contribution in [0.2, 0.25) is 0 Å².